The van der Waals surface area contributed by atoms with Crippen LogP contribution in [0.4, 0.5) is 4.39 Å². The number of hydrogen-bond acceptors (Lipinski definition) is 5. The molecule has 2 heterocycles. The summed E-state index contributed by atoms with van der Waals surface area (Å²) in [5.74, 6) is 0.482. The number of aryl methyl sites for hydroxylation is 1. The van der Waals surface area contributed by atoms with E-state index >= 15 is 0 Å². The molecule has 0 bridgehead atoms. The van der Waals surface area contributed by atoms with Gasteiger partial charge in [0.15, 0.2) is 16.9 Å². The van der Waals surface area contributed by atoms with Gasteiger partial charge in [0.2, 0.25) is 5.76 Å². The Hall–Kier alpha value is -4.13. The predicted molar refractivity (Wildman–Crippen MR) is 130 cm³/mol. The Morgan fingerprint density at radius 1 is 0.943 bits per heavy atom. The van der Waals surface area contributed by atoms with E-state index in [1.807, 2.05) is 31.2 Å². The molecule has 1 aliphatic rings. The minimum absolute atomic E-state index is 0.0352. The Morgan fingerprint density at radius 2 is 1.69 bits per heavy atom. The minimum atomic E-state index is -0.681. The number of methoxy groups -OCH3 is 2. The predicted octanol–water partition coefficient (Wildman–Crippen LogP) is 5.05. The number of ether oxygens (including phenoxy) is 2. The van der Waals surface area contributed by atoms with Crippen molar-refractivity contribution in [3.63, 3.8) is 0 Å². The third-order valence-electron chi connectivity index (χ3n) is 6.40. The summed E-state index contributed by atoms with van der Waals surface area (Å²) in [6.07, 6.45) is 0.505. The van der Waals surface area contributed by atoms with Gasteiger partial charge in [-0.1, -0.05) is 29.8 Å². The molecule has 0 saturated heterocycles. The number of fused-ring (bicyclic) bond motifs is 2. The first-order valence-electron chi connectivity index (χ1n) is 11.3. The summed E-state index contributed by atoms with van der Waals surface area (Å²) in [6.45, 7) is 2.21. The van der Waals surface area contributed by atoms with Gasteiger partial charge >= 0.3 is 0 Å². The summed E-state index contributed by atoms with van der Waals surface area (Å²) in [5, 5.41) is 0.422. The summed E-state index contributed by atoms with van der Waals surface area (Å²) < 4.78 is 30.4. The largest absolute Gasteiger partial charge is 0.493 e. The zero-order valence-corrected chi connectivity index (χ0v) is 19.6. The van der Waals surface area contributed by atoms with Gasteiger partial charge in [-0.15, -0.1) is 0 Å². The lowest BCUT2D eigenvalue weighted by atomic mass is 9.98. The third-order valence-corrected chi connectivity index (χ3v) is 6.40. The number of hydrogen-bond donors (Lipinski definition) is 0. The number of carbonyl (C=O) groups excluding carboxylic acids is 1. The van der Waals surface area contributed by atoms with Gasteiger partial charge in [0.1, 0.15) is 11.4 Å². The molecule has 178 valence electrons. The van der Waals surface area contributed by atoms with Crippen molar-refractivity contribution in [2.24, 2.45) is 0 Å². The second-order valence-corrected chi connectivity index (χ2v) is 8.57. The monoisotopic (exact) mass is 473 g/mol. The molecule has 1 aliphatic heterocycles. The molecule has 0 spiro atoms. The van der Waals surface area contributed by atoms with Crippen LogP contribution in [0.5, 0.6) is 11.5 Å². The molecule has 0 aliphatic carbocycles. The van der Waals surface area contributed by atoms with E-state index in [0.717, 1.165) is 11.1 Å². The molecule has 0 radical (unpaired) electrons. The van der Waals surface area contributed by atoms with E-state index in [1.54, 1.807) is 43.4 Å². The molecule has 6 nitrogen and oxygen atoms in total. The molecule has 0 fully saturated rings. The van der Waals surface area contributed by atoms with Crippen LogP contribution in [0.1, 0.15) is 38.9 Å². The number of rotatable bonds is 6. The zero-order valence-electron chi connectivity index (χ0n) is 19.6. The van der Waals surface area contributed by atoms with Crippen molar-refractivity contribution in [3.8, 4) is 11.5 Å². The molecular weight excluding hydrogens is 449 g/mol. The summed E-state index contributed by atoms with van der Waals surface area (Å²) >= 11 is 0. The quantitative estimate of drug-likeness (QED) is 0.392. The maximum absolute atomic E-state index is 13.7. The van der Waals surface area contributed by atoms with Crippen LogP contribution < -0.4 is 14.9 Å². The number of nitrogens with zero attached hydrogens (tertiary/aromatic N) is 1. The molecule has 0 N–H and O–H groups in total. The van der Waals surface area contributed by atoms with E-state index in [1.165, 1.54) is 12.1 Å². The van der Waals surface area contributed by atoms with Gasteiger partial charge in [-0.05, 0) is 60.9 Å². The van der Waals surface area contributed by atoms with Gasteiger partial charge in [0, 0.05) is 6.54 Å². The smallest absolute Gasteiger partial charge is 0.290 e. The minimum Gasteiger partial charge on any atom is -0.493 e. The van der Waals surface area contributed by atoms with Crippen LogP contribution in [0.25, 0.3) is 11.0 Å². The Morgan fingerprint density at radius 3 is 2.40 bits per heavy atom. The first-order valence-corrected chi connectivity index (χ1v) is 11.3. The van der Waals surface area contributed by atoms with Gasteiger partial charge in [0.05, 0.1) is 31.2 Å². The SMILES string of the molecule is COc1ccc(CCN2C(=O)c3oc4ccc(C)cc4c(=O)c3C2c2ccc(F)cc2)cc1OC. The van der Waals surface area contributed by atoms with Gasteiger partial charge in [0.25, 0.3) is 5.91 Å². The van der Waals surface area contributed by atoms with E-state index in [2.05, 4.69) is 0 Å². The maximum Gasteiger partial charge on any atom is 0.290 e. The number of benzene rings is 3. The molecule has 35 heavy (non-hydrogen) atoms. The molecule has 4 aromatic rings. The first-order chi connectivity index (χ1) is 16.9. The number of amides is 1. The van der Waals surface area contributed by atoms with Crippen molar-refractivity contribution < 1.29 is 23.1 Å². The van der Waals surface area contributed by atoms with Gasteiger partial charge < -0.3 is 18.8 Å². The van der Waals surface area contributed by atoms with Crippen LogP contribution in [-0.2, 0) is 6.42 Å². The molecule has 7 heteroatoms. The van der Waals surface area contributed by atoms with E-state index in [4.69, 9.17) is 13.9 Å². The molecule has 1 unspecified atom stereocenters. The standard InChI is InChI=1S/C28H24FNO5/c1-16-4-10-21-20(14-16)26(31)24-25(18-6-8-19(29)9-7-18)30(28(32)27(24)35-21)13-12-17-5-11-22(33-2)23(15-17)34-3/h4-11,14-15,25H,12-13H2,1-3H3. The Balaban J connectivity index is 1.58. The average Bonchev–Trinajstić information content (AvgIpc) is 3.15. The number of halogens is 1. The fourth-order valence-electron chi connectivity index (χ4n) is 4.64. The van der Waals surface area contributed by atoms with E-state index in [0.29, 0.717) is 41.0 Å². The first kappa shape index (κ1) is 22.7. The van der Waals surface area contributed by atoms with E-state index in [9.17, 15) is 14.0 Å². The second-order valence-electron chi connectivity index (χ2n) is 8.57. The molecule has 1 atom stereocenters. The van der Waals surface area contributed by atoms with Crippen LogP contribution in [-0.4, -0.2) is 31.6 Å². The van der Waals surface area contributed by atoms with Crippen LogP contribution in [0.3, 0.4) is 0 Å². The zero-order chi connectivity index (χ0) is 24.7. The van der Waals surface area contributed by atoms with Crippen molar-refractivity contribution >= 4 is 16.9 Å². The van der Waals surface area contributed by atoms with Crippen molar-refractivity contribution in [2.75, 3.05) is 20.8 Å². The second kappa shape index (κ2) is 8.91. The summed E-state index contributed by atoms with van der Waals surface area (Å²) in [7, 11) is 3.14. The summed E-state index contributed by atoms with van der Waals surface area (Å²) in [4.78, 5) is 28.7. The summed E-state index contributed by atoms with van der Waals surface area (Å²) in [6, 6.07) is 16.1. The van der Waals surface area contributed by atoms with Gasteiger partial charge in [-0.3, -0.25) is 9.59 Å². The highest BCUT2D eigenvalue weighted by molar-refractivity contribution is 5.99. The molecule has 3 aromatic carbocycles. The lowest BCUT2D eigenvalue weighted by Crippen LogP contribution is -2.31. The van der Waals surface area contributed by atoms with Gasteiger partial charge in [-0.2, -0.15) is 0 Å². The van der Waals surface area contributed by atoms with Crippen LogP contribution in [0.2, 0.25) is 0 Å². The molecule has 1 aromatic heterocycles. The maximum atomic E-state index is 13.7. The highest BCUT2D eigenvalue weighted by atomic mass is 19.1. The lowest BCUT2D eigenvalue weighted by Gasteiger charge is -2.25. The molecule has 0 saturated carbocycles. The van der Waals surface area contributed by atoms with Crippen molar-refractivity contribution in [1.82, 2.24) is 4.90 Å². The van der Waals surface area contributed by atoms with Crippen LogP contribution >= 0.6 is 0 Å². The van der Waals surface area contributed by atoms with E-state index < -0.39 is 11.9 Å². The molecule has 5 rings (SSSR count). The van der Waals surface area contributed by atoms with Crippen molar-refractivity contribution in [3.05, 3.63) is 105 Å². The molecule has 1 amide bonds. The van der Waals surface area contributed by atoms with Crippen molar-refractivity contribution in [2.45, 2.75) is 19.4 Å². The topological polar surface area (TPSA) is 69.0 Å². The highest BCUT2D eigenvalue weighted by Gasteiger charge is 2.42. The van der Waals surface area contributed by atoms with E-state index in [-0.39, 0.29) is 22.7 Å². The lowest BCUT2D eigenvalue weighted by molar-refractivity contribution is 0.0730. The Labute approximate surface area is 201 Å². The Kier molecular flexibility index (Phi) is 5.76. The summed E-state index contributed by atoms with van der Waals surface area (Å²) in [5.41, 5.74) is 2.90. The molecular formula is C28H24FNO5. The third kappa shape index (κ3) is 3.93. The fourth-order valence-corrected chi connectivity index (χ4v) is 4.64. The van der Waals surface area contributed by atoms with Gasteiger partial charge in [-0.25, -0.2) is 4.39 Å². The van der Waals surface area contributed by atoms with Crippen LogP contribution in [0, 0.1) is 12.7 Å². The van der Waals surface area contributed by atoms with Crippen LogP contribution in [0.15, 0.2) is 69.9 Å². The van der Waals surface area contributed by atoms with Crippen molar-refractivity contribution in [1.29, 1.82) is 0 Å². The number of carbonyl (C=O) groups is 1. The average molecular weight is 474 g/mol. The highest BCUT2D eigenvalue weighted by Crippen LogP contribution is 2.38. The fraction of sp³-hybridized carbons (Fsp3) is 0.214. The Bertz CT molecular complexity index is 1490. The normalized spacial score (nSPS) is 14.9.